The van der Waals surface area contributed by atoms with Gasteiger partial charge in [-0.2, -0.15) is 0 Å². The lowest BCUT2D eigenvalue weighted by atomic mass is 9.63. The minimum atomic E-state index is 0.237. The van der Waals surface area contributed by atoms with Gasteiger partial charge in [0.05, 0.1) is 0 Å². The van der Waals surface area contributed by atoms with Crippen molar-refractivity contribution in [1.82, 2.24) is 5.32 Å². The topological polar surface area (TPSA) is 12.0 Å². The Labute approximate surface area is 127 Å². The molecule has 1 N–H and O–H groups in total. The van der Waals surface area contributed by atoms with Gasteiger partial charge in [-0.25, -0.2) is 0 Å². The van der Waals surface area contributed by atoms with Crippen LogP contribution in [0.5, 0.6) is 0 Å². The number of nitrogens with one attached hydrogen (secondary N) is 1. The normalized spacial score (nSPS) is 42.0. The molecule has 2 fully saturated rings. The molecular weight excluding hydrogens is 242 g/mol. The Morgan fingerprint density at radius 1 is 0.900 bits per heavy atom. The molecule has 0 bridgehead atoms. The zero-order chi connectivity index (χ0) is 15.4. The van der Waals surface area contributed by atoms with Crippen LogP contribution in [0.2, 0.25) is 0 Å². The molecule has 0 amide bonds. The van der Waals surface area contributed by atoms with E-state index < -0.39 is 0 Å². The molecule has 3 unspecified atom stereocenters. The summed E-state index contributed by atoms with van der Waals surface area (Å²) in [4.78, 5) is 0. The van der Waals surface area contributed by atoms with E-state index in [0.29, 0.717) is 22.3 Å². The fourth-order valence-electron chi connectivity index (χ4n) is 5.19. The number of rotatable bonds is 2. The maximum Gasteiger partial charge on any atom is 0.0131 e. The summed E-state index contributed by atoms with van der Waals surface area (Å²) in [6, 6.07) is 0.706. The number of hydrogen-bond acceptors (Lipinski definition) is 1. The van der Waals surface area contributed by atoms with Crippen LogP contribution in [0.4, 0.5) is 0 Å². The Hall–Kier alpha value is -0.0400. The Morgan fingerprint density at radius 3 is 1.95 bits per heavy atom. The highest BCUT2D eigenvalue weighted by molar-refractivity contribution is 5.13. The van der Waals surface area contributed by atoms with Crippen LogP contribution in [0, 0.1) is 22.2 Å². The molecule has 0 heterocycles. The molecule has 0 radical (unpaired) electrons. The third kappa shape index (κ3) is 2.80. The van der Waals surface area contributed by atoms with Crippen molar-refractivity contribution in [3.63, 3.8) is 0 Å². The van der Waals surface area contributed by atoms with E-state index in [4.69, 9.17) is 0 Å². The highest BCUT2D eigenvalue weighted by Gasteiger charge is 2.61. The van der Waals surface area contributed by atoms with Gasteiger partial charge in [-0.3, -0.25) is 0 Å². The zero-order valence-electron chi connectivity index (χ0n) is 15.2. The van der Waals surface area contributed by atoms with Crippen LogP contribution in [0.15, 0.2) is 0 Å². The molecule has 2 aliphatic carbocycles. The van der Waals surface area contributed by atoms with Crippen LogP contribution in [-0.4, -0.2) is 11.6 Å². The predicted octanol–water partition coefficient (Wildman–Crippen LogP) is 5.40. The van der Waals surface area contributed by atoms with E-state index >= 15 is 0 Å². The minimum absolute atomic E-state index is 0.237. The lowest BCUT2D eigenvalue weighted by Crippen LogP contribution is -2.51. The van der Waals surface area contributed by atoms with E-state index in [1.807, 2.05) is 0 Å². The van der Waals surface area contributed by atoms with Crippen LogP contribution in [0.3, 0.4) is 0 Å². The van der Waals surface area contributed by atoms with E-state index in [9.17, 15) is 0 Å². The van der Waals surface area contributed by atoms with Crippen molar-refractivity contribution >= 4 is 0 Å². The summed E-state index contributed by atoms with van der Waals surface area (Å²) in [5, 5.41) is 3.94. The lowest BCUT2D eigenvalue weighted by Gasteiger charge is -2.45. The van der Waals surface area contributed by atoms with Crippen molar-refractivity contribution in [2.45, 2.75) is 99.1 Å². The van der Waals surface area contributed by atoms with E-state index in [0.717, 1.165) is 5.92 Å². The molecule has 1 heteroatoms. The summed E-state index contributed by atoms with van der Waals surface area (Å²) in [5.41, 5.74) is 1.74. The summed E-state index contributed by atoms with van der Waals surface area (Å²) in [5.74, 6) is 0.916. The highest BCUT2D eigenvalue weighted by atomic mass is 15.0. The molecule has 2 aliphatic rings. The second-order valence-electron chi connectivity index (χ2n) is 10.3. The Kier molecular flexibility index (Phi) is 3.86. The van der Waals surface area contributed by atoms with Gasteiger partial charge in [-0.15, -0.1) is 0 Å². The molecule has 118 valence electrons. The SMILES string of the molecule is CC(C)(C)CC1CC[C@]2(C)C(NC(C)(C)C)CCC12C. The third-order valence-corrected chi connectivity index (χ3v) is 6.41. The first-order chi connectivity index (χ1) is 8.87. The van der Waals surface area contributed by atoms with Crippen LogP contribution in [0.25, 0.3) is 0 Å². The zero-order valence-corrected chi connectivity index (χ0v) is 15.2. The van der Waals surface area contributed by atoms with Gasteiger partial charge in [0, 0.05) is 11.6 Å². The average Bonchev–Trinajstić information content (AvgIpc) is 2.60. The maximum atomic E-state index is 3.94. The molecule has 0 aromatic carbocycles. The van der Waals surface area contributed by atoms with Crippen LogP contribution < -0.4 is 5.32 Å². The molecule has 2 saturated carbocycles. The molecule has 0 aliphatic heterocycles. The molecule has 0 aromatic rings. The quantitative estimate of drug-likeness (QED) is 0.714. The van der Waals surface area contributed by atoms with E-state index in [-0.39, 0.29) is 5.54 Å². The fraction of sp³-hybridized carbons (Fsp3) is 1.00. The third-order valence-electron chi connectivity index (χ3n) is 6.41. The molecule has 1 nitrogen and oxygen atoms in total. The van der Waals surface area contributed by atoms with Gasteiger partial charge < -0.3 is 5.32 Å². The van der Waals surface area contributed by atoms with Crippen molar-refractivity contribution in [3.05, 3.63) is 0 Å². The molecule has 0 aromatic heterocycles. The fourth-order valence-corrected chi connectivity index (χ4v) is 5.19. The Balaban J connectivity index is 2.19. The predicted molar refractivity (Wildman–Crippen MR) is 88.9 cm³/mol. The Bertz CT molecular complexity index is 323. The minimum Gasteiger partial charge on any atom is -0.309 e. The first kappa shape index (κ1) is 16.3. The molecule has 20 heavy (non-hydrogen) atoms. The number of fused-ring (bicyclic) bond motifs is 1. The first-order valence-electron chi connectivity index (χ1n) is 8.65. The summed E-state index contributed by atoms with van der Waals surface area (Å²) >= 11 is 0. The number of hydrogen-bond donors (Lipinski definition) is 1. The van der Waals surface area contributed by atoms with Crippen LogP contribution in [-0.2, 0) is 0 Å². The smallest absolute Gasteiger partial charge is 0.0131 e. The van der Waals surface area contributed by atoms with Gasteiger partial charge in [0.2, 0.25) is 0 Å². The summed E-state index contributed by atoms with van der Waals surface area (Å²) in [7, 11) is 0. The molecule has 2 rings (SSSR count). The lowest BCUT2D eigenvalue weighted by molar-refractivity contribution is 0.0598. The molecule has 4 atom stereocenters. The van der Waals surface area contributed by atoms with E-state index in [2.05, 4.69) is 60.7 Å². The summed E-state index contributed by atoms with van der Waals surface area (Å²) in [6.07, 6.45) is 7.02. The van der Waals surface area contributed by atoms with Gasteiger partial charge >= 0.3 is 0 Å². The molecule has 0 saturated heterocycles. The molecular formula is C19H37N. The van der Waals surface area contributed by atoms with Crippen molar-refractivity contribution in [2.24, 2.45) is 22.2 Å². The standard InChI is InChI=1S/C19H37N/c1-16(2,3)13-14-9-11-19(8)15(20-17(4,5)6)10-12-18(14,19)7/h14-15,20H,9-13H2,1-8H3/t14?,15?,18?,19-/m1/s1. The molecule has 0 spiro atoms. The van der Waals surface area contributed by atoms with Crippen molar-refractivity contribution in [3.8, 4) is 0 Å². The second-order valence-corrected chi connectivity index (χ2v) is 10.3. The van der Waals surface area contributed by atoms with Crippen molar-refractivity contribution in [2.75, 3.05) is 0 Å². The van der Waals surface area contributed by atoms with Gasteiger partial charge in [-0.1, -0.05) is 34.6 Å². The van der Waals surface area contributed by atoms with E-state index in [1.54, 1.807) is 0 Å². The summed E-state index contributed by atoms with van der Waals surface area (Å²) < 4.78 is 0. The maximum absolute atomic E-state index is 3.94. The largest absolute Gasteiger partial charge is 0.309 e. The average molecular weight is 280 g/mol. The van der Waals surface area contributed by atoms with Crippen LogP contribution >= 0.6 is 0 Å². The van der Waals surface area contributed by atoms with Gasteiger partial charge in [-0.05, 0) is 75.0 Å². The van der Waals surface area contributed by atoms with Crippen molar-refractivity contribution in [1.29, 1.82) is 0 Å². The van der Waals surface area contributed by atoms with Gasteiger partial charge in [0.1, 0.15) is 0 Å². The van der Waals surface area contributed by atoms with Gasteiger partial charge in [0.15, 0.2) is 0 Å². The monoisotopic (exact) mass is 279 g/mol. The van der Waals surface area contributed by atoms with Crippen LogP contribution in [0.1, 0.15) is 87.5 Å². The second kappa shape index (κ2) is 4.73. The summed E-state index contributed by atoms with van der Waals surface area (Å²) in [6.45, 7) is 19.3. The highest BCUT2D eigenvalue weighted by Crippen LogP contribution is 2.66. The van der Waals surface area contributed by atoms with Crippen molar-refractivity contribution < 1.29 is 0 Å². The first-order valence-corrected chi connectivity index (χ1v) is 8.65. The van der Waals surface area contributed by atoms with Gasteiger partial charge in [0.25, 0.3) is 0 Å². The Morgan fingerprint density at radius 2 is 1.45 bits per heavy atom. The van der Waals surface area contributed by atoms with E-state index in [1.165, 1.54) is 32.1 Å².